The fourth-order valence-corrected chi connectivity index (χ4v) is 1.68. The number of rotatable bonds is 7. The van der Waals surface area contributed by atoms with Gasteiger partial charge in [0.2, 0.25) is 0 Å². The van der Waals surface area contributed by atoms with Crippen molar-refractivity contribution in [2.75, 3.05) is 6.61 Å². The number of hydrogen-bond acceptors (Lipinski definition) is 2. The number of benzene rings is 1. The van der Waals surface area contributed by atoms with Gasteiger partial charge in [-0.05, 0) is 18.6 Å². The molecule has 0 N–H and O–H groups in total. The van der Waals surface area contributed by atoms with Crippen LogP contribution in [0.4, 0.5) is 0 Å². The van der Waals surface area contributed by atoms with Crippen molar-refractivity contribution in [1.29, 1.82) is 0 Å². The van der Waals surface area contributed by atoms with E-state index in [1.807, 2.05) is 0 Å². The minimum atomic E-state index is 0.444. The summed E-state index contributed by atoms with van der Waals surface area (Å²) in [6.07, 6.45) is 5.34. The first kappa shape index (κ1) is 13.0. The van der Waals surface area contributed by atoms with E-state index in [1.54, 1.807) is 18.2 Å². The summed E-state index contributed by atoms with van der Waals surface area (Å²) in [5.41, 5.74) is 0.444. The SMILES string of the molecule is CCCCCCOc1cccc(Cl)c1C=O. The molecule has 0 fully saturated rings. The van der Waals surface area contributed by atoms with Crippen molar-refractivity contribution in [3.63, 3.8) is 0 Å². The zero-order chi connectivity index (χ0) is 11.8. The highest BCUT2D eigenvalue weighted by Crippen LogP contribution is 2.24. The van der Waals surface area contributed by atoms with Crippen LogP contribution < -0.4 is 4.74 Å². The summed E-state index contributed by atoms with van der Waals surface area (Å²) < 4.78 is 5.54. The van der Waals surface area contributed by atoms with Gasteiger partial charge in [-0.1, -0.05) is 43.9 Å². The quantitative estimate of drug-likeness (QED) is 0.530. The Labute approximate surface area is 102 Å². The molecule has 88 valence electrons. The van der Waals surface area contributed by atoms with E-state index in [1.165, 1.54) is 12.8 Å². The summed E-state index contributed by atoms with van der Waals surface area (Å²) in [4.78, 5) is 10.8. The first-order valence-electron chi connectivity index (χ1n) is 5.66. The molecule has 16 heavy (non-hydrogen) atoms. The smallest absolute Gasteiger partial charge is 0.155 e. The molecule has 0 radical (unpaired) electrons. The van der Waals surface area contributed by atoms with Crippen molar-refractivity contribution >= 4 is 17.9 Å². The maximum absolute atomic E-state index is 10.8. The van der Waals surface area contributed by atoms with Gasteiger partial charge in [-0.15, -0.1) is 0 Å². The van der Waals surface area contributed by atoms with Crippen LogP contribution >= 0.6 is 11.6 Å². The number of unbranched alkanes of at least 4 members (excludes halogenated alkanes) is 3. The number of aldehydes is 1. The minimum Gasteiger partial charge on any atom is -0.493 e. The van der Waals surface area contributed by atoms with Crippen LogP contribution in [-0.4, -0.2) is 12.9 Å². The van der Waals surface area contributed by atoms with Crippen LogP contribution in [0.2, 0.25) is 5.02 Å². The highest BCUT2D eigenvalue weighted by molar-refractivity contribution is 6.33. The van der Waals surface area contributed by atoms with Gasteiger partial charge in [-0.3, -0.25) is 4.79 Å². The first-order valence-corrected chi connectivity index (χ1v) is 6.04. The largest absolute Gasteiger partial charge is 0.493 e. The third-order valence-corrected chi connectivity index (χ3v) is 2.72. The second-order valence-electron chi connectivity index (χ2n) is 3.68. The van der Waals surface area contributed by atoms with Gasteiger partial charge in [0.25, 0.3) is 0 Å². The van der Waals surface area contributed by atoms with Crippen molar-refractivity contribution in [3.05, 3.63) is 28.8 Å². The zero-order valence-corrected chi connectivity index (χ0v) is 10.3. The van der Waals surface area contributed by atoms with E-state index >= 15 is 0 Å². The molecule has 0 aliphatic carbocycles. The van der Waals surface area contributed by atoms with Crippen molar-refractivity contribution in [1.82, 2.24) is 0 Å². The Hall–Kier alpha value is -1.02. The van der Waals surface area contributed by atoms with Gasteiger partial charge in [0.05, 0.1) is 17.2 Å². The molecule has 0 aromatic heterocycles. The molecule has 0 atom stereocenters. The molecule has 0 aliphatic rings. The number of hydrogen-bond donors (Lipinski definition) is 0. The summed E-state index contributed by atoms with van der Waals surface area (Å²) in [5.74, 6) is 0.582. The lowest BCUT2D eigenvalue weighted by atomic mass is 10.2. The third-order valence-electron chi connectivity index (χ3n) is 2.39. The summed E-state index contributed by atoms with van der Waals surface area (Å²) in [5, 5.41) is 0.445. The lowest BCUT2D eigenvalue weighted by Crippen LogP contribution is -2.00. The second-order valence-corrected chi connectivity index (χ2v) is 4.09. The zero-order valence-electron chi connectivity index (χ0n) is 9.54. The predicted octanol–water partition coefficient (Wildman–Crippen LogP) is 4.11. The Morgan fingerprint density at radius 2 is 2.12 bits per heavy atom. The van der Waals surface area contributed by atoms with Gasteiger partial charge in [0.15, 0.2) is 6.29 Å². The molecule has 0 unspecified atom stereocenters. The Balaban J connectivity index is 2.47. The van der Waals surface area contributed by atoms with Crippen molar-refractivity contribution < 1.29 is 9.53 Å². The van der Waals surface area contributed by atoms with E-state index < -0.39 is 0 Å². The molecular weight excluding hydrogens is 224 g/mol. The highest BCUT2D eigenvalue weighted by atomic mass is 35.5. The summed E-state index contributed by atoms with van der Waals surface area (Å²) in [6, 6.07) is 5.25. The Bertz CT molecular complexity index is 337. The maximum atomic E-state index is 10.8. The summed E-state index contributed by atoms with van der Waals surface area (Å²) >= 11 is 5.88. The average molecular weight is 241 g/mol. The van der Waals surface area contributed by atoms with Crippen molar-refractivity contribution in [2.45, 2.75) is 32.6 Å². The maximum Gasteiger partial charge on any atom is 0.155 e. The molecule has 0 heterocycles. The molecule has 0 saturated carbocycles. The first-order chi connectivity index (χ1) is 7.79. The lowest BCUT2D eigenvalue weighted by molar-refractivity contribution is 0.111. The number of halogens is 1. The molecule has 1 aromatic rings. The van der Waals surface area contributed by atoms with E-state index in [2.05, 4.69) is 6.92 Å². The van der Waals surface area contributed by atoms with Crippen LogP contribution in [0.15, 0.2) is 18.2 Å². The van der Waals surface area contributed by atoms with Crippen LogP contribution in [0.3, 0.4) is 0 Å². The van der Waals surface area contributed by atoms with E-state index in [-0.39, 0.29) is 0 Å². The molecule has 0 amide bonds. The molecule has 0 spiro atoms. The summed E-state index contributed by atoms with van der Waals surface area (Å²) in [6.45, 7) is 2.81. The van der Waals surface area contributed by atoms with Crippen LogP contribution in [0, 0.1) is 0 Å². The summed E-state index contributed by atoms with van der Waals surface area (Å²) in [7, 11) is 0. The fraction of sp³-hybridized carbons (Fsp3) is 0.462. The lowest BCUT2D eigenvalue weighted by Gasteiger charge is -2.08. The minimum absolute atomic E-state index is 0.444. The Morgan fingerprint density at radius 1 is 1.31 bits per heavy atom. The molecule has 0 bridgehead atoms. The highest BCUT2D eigenvalue weighted by Gasteiger charge is 2.06. The number of carbonyl (C=O) groups excluding carboxylic acids is 1. The molecule has 2 nitrogen and oxygen atoms in total. The van der Waals surface area contributed by atoms with Gasteiger partial charge in [0, 0.05) is 0 Å². The van der Waals surface area contributed by atoms with E-state index in [4.69, 9.17) is 16.3 Å². The van der Waals surface area contributed by atoms with Crippen LogP contribution in [0.1, 0.15) is 43.0 Å². The average Bonchev–Trinajstić information content (AvgIpc) is 2.29. The van der Waals surface area contributed by atoms with Crippen LogP contribution in [0.25, 0.3) is 0 Å². The van der Waals surface area contributed by atoms with Crippen LogP contribution in [0.5, 0.6) is 5.75 Å². The van der Waals surface area contributed by atoms with Crippen LogP contribution in [-0.2, 0) is 0 Å². The molecule has 0 saturated heterocycles. The predicted molar refractivity (Wildman–Crippen MR) is 66.5 cm³/mol. The molecule has 1 rings (SSSR count). The number of carbonyl (C=O) groups is 1. The van der Waals surface area contributed by atoms with Gasteiger partial charge in [-0.2, -0.15) is 0 Å². The van der Waals surface area contributed by atoms with Gasteiger partial charge >= 0.3 is 0 Å². The van der Waals surface area contributed by atoms with Gasteiger partial charge in [-0.25, -0.2) is 0 Å². The molecule has 0 aliphatic heterocycles. The van der Waals surface area contributed by atoms with Gasteiger partial charge in [0.1, 0.15) is 5.75 Å². The van der Waals surface area contributed by atoms with E-state index in [0.29, 0.717) is 22.9 Å². The Morgan fingerprint density at radius 3 is 2.81 bits per heavy atom. The van der Waals surface area contributed by atoms with Gasteiger partial charge < -0.3 is 4.74 Å². The second kappa shape index (κ2) is 7.29. The Kier molecular flexibility index (Phi) is 5.94. The molecule has 1 aromatic carbocycles. The monoisotopic (exact) mass is 240 g/mol. The van der Waals surface area contributed by atoms with E-state index in [9.17, 15) is 4.79 Å². The fourth-order valence-electron chi connectivity index (χ4n) is 1.47. The van der Waals surface area contributed by atoms with E-state index in [0.717, 1.165) is 19.1 Å². The normalized spacial score (nSPS) is 10.1. The van der Waals surface area contributed by atoms with Crippen molar-refractivity contribution in [2.24, 2.45) is 0 Å². The topological polar surface area (TPSA) is 26.3 Å². The third kappa shape index (κ3) is 3.86. The standard InChI is InChI=1S/C13H17ClO2/c1-2-3-4-5-9-16-13-8-6-7-12(14)11(13)10-15/h6-8,10H,2-5,9H2,1H3. The molecular formula is C13H17ClO2. The molecule has 3 heteroatoms. The van der Waals surface area contributed by atoms with Crippen molar-refractivity contribution in [3.8, 4) is 5.75 Å². The number of ether oxygens (including phenoxy) is 1.